The van der Waals surface area contributed by atoms with Gasteiger partial charge in [0.25, 0.3) is 0 Å². The molecule has 2 heteroatoms. The molecule has 0 rings (SSSR count). The second-order valence-corrected chi connectivity index (χ2v) is 4.37. The number of hydrogen-bond donors (Lipinski definition) is 0. The third kappa shape index (κ3) is 3.41. The van der Waals surface area contributed by atoms with Crippen molar-refractivity contribution >= 4 is 5.78 Å². The molecule has 0 bridgehead atoms. The van der Waals surface area contributed by atoms with E-state index in [1.807, 2.05) is 0 Å². The molecule has 0 aliphatic heterocycles. The lowest BCUT2D eigenvalue weighted by atomic mass is 9.80. The van der Waals surface area contributed by atoms with E-state index >= 15 is 0 Å². The molecule has 0 N–H and O–H groups in total. The second kappa shape index (κ2) is 6.18. The summed E-state index contributed by atoms with van der Waals surface area (Å²) in [6, 6.07) is 0. The van der Waals surface area contributed by atoms with E-state index < -0.39 is 0 Å². The maximum absolute atomic E-state index is 11.3. The Labute approximate surface area is 88.0 Å². The van der Waals surface area contributed by atoms with Crippen LogP contribution in [-0.2, 0) is 9.53 Å². The summed E-state index contributed by atoms with van der Waals surface area (Å²) in [5, 5.41) is 0. The van der Waals surface area contributed by atoms with Crippen molar-refractivity contribution in [3.63, 3.8) is 0 Å². The third-order valence-electron chi connectivity index (χ3n) is 3.50. The van der Waals surface area contributed by atoms with E-state index in [-0.39, 0.29) is 11.9 Å². The number of ether oxygens (including phenoxy) is 1. The first-order valence-electron chi connectivity index (χ1n) is 5.48. The molecule has 0 aliphatic carbocycles. The molecule has 0 saturated heterocycles. The molecule has 0 aliphatic rings. The van der Waals surface area contributed by atoms with Crippen LogP contribution in [0.2, 0.25) is 0 Å². The van der Waals surface area contributed by atoms with E-state index in [1.165, 1.54) is 0 Å². The lowest BCUT2D eigenvalue weighted by Gasteiger charge is -2.29. The Hall–Kier alpha value is -0.370. The number of methoxy groups -OCH3 is 1. The third-order valence-corrected chi connectivity index (χ3v) is 3.50. The maximum Gasteiger partial charge on any atom is 0.158 e. The number of ketones is 1. The van der Waals surface area contributed by atoms with Gasteiger partial charge in [-0.25, -0.2) is 0 Å². The van der Waals surface area contributed by atoms with Crippen LogP contribution in [0.3, 0.4) is 0 Å². The standard InChI is InChI=1S/C12H24O2/c1-7-8(2)9(3)10(4)12(14-6)11(5)13/h8-10,12H,7H2,1-6H3. The van der Waals surface area contributed by atoms with Crippen LogP contribution in [0, 0.1) is 17.8 Å². The van der Waals surface area contributed by atoms with Gasteiger partial charge in [0.05, 0.1) is 0 Å². The van der Waals surface area contributed by atoms with Crippen molar-refractivity contribution in [2.45, 2.75) is 47.1 Å². The van der Waals surface area contributed by atoms with Crippen molar-refractivity contribution in [1.82, 2.24) is 0 Å². The number of rotatable bonds is 6. The Morgan fingerprint density at radius 3 is 2.00 bits per heavy atom. The molecule has 4 atom stereocenters. The van der Waals surface area contributed by atoms with Gasteiger partial charge < -0.3 is 4.74 Å². The fraction of sp³-hybridized carbons (Fsp3) is 0.917. The second-order valence-electron chi connectivity index (χ2n) is 4.37. The average Bonchev–Trinajstić information content (AvgIpc) is 2.15. The van der Waals surface area contributed by atoms with Gasteiger partial charge in [-0.05, 0) is 24.7 Å². The molecule has 0 fully saturated rings. The van der Waals surface area contributed by atoms with Crippen molar-refractivity contribution < 1.29 is 9.53 Å². The van der Waals surface area contributed by atoms with Crippen molar-refractivity contribution in [2.75, 3.05) is 7.11 Å². The smallest absolute Gasteiger partial charge is 0.158 e. The van der Waals surface area contributed by atoms with Crippen LogP contribution in [0.25, 0.3) is 0 Å². The largest absolute Gasteiger partial charge is 0.373 e. The lowest BCUT2D eigenvalue weighted by molar-refractivity contribution is -0.130. The van der Waals surface area contributed by atoms with Gasteiger partial charge >= 0.3 is 0 Å². The minimum atomic E-state index is -0.237. The zero-order chi connectivity index (χ0) is 11.3. The van der Waals surface area contributed by atoms with Gasteiger partial charge in [-0.3, -0.25) is 4.79 Å². The molecule has 0 spiro atoms. The maximum atomic E-state index is 11.3. The molecule has 0 amide bonds. The van der Waals surface area contributed by atoms with Crippen molar-refractivity contribution in [3.05, 3.63) is 0 Å². The van der Waals surface area contributed by atoms with E-state index in [4.69, 9.17) is 4.74 Å². The molecule has 0 saturated carbocycles. The van der Waals surface area contributed by atoms with Gasteiger partial charge in [0.15, 0.2) is 5.78 Å². The Balaban J connectivity index is 4.41. The first-order chi connectivity index (χ1) is 6.45. The van der Waals surface area contributed by atoms with Gasteiger partial charge in [-0.15, -0.1) is 0 Å². The fourth-order valence-electron chi connectivity index (χ4n) is 1.92. The quantitative estimate of drug-likeness (QED) is 0.659. The summed E-state index contributed by atoms with van der Waals surface area (Å²) >= 11 is 0. The molecule has 0 aromatic heterocycles. The van der Waals surface area contributed by atoms with Gasteiger partial charge in [-0.1, -0.05) is 34.1 Å². The zero-order valence-corrected chi connectivity index (χ0v) is 10.3. The van der Waals surface area contributed by atoms with Crippen LogP contribution >= 0.6 is 0 Å². The van der Waals surface area contributed by atoms with E-state index in [0.29, 0.717) is 17.8 Å². The van der Waals surface area contributed by atoms with E-state index in [9.17, 15) is 4.79 Å². The Morgan fingerprint density at radius 2 is 1.71 bits per heavy atom. The summed E-state index contributed by atoms with van der Waals surface area (Å²) in [6.07, 6.45) is 0.916. The van der Waals surface area contributed by atoms with Gasteiger partial charge in [0, 0.05) is 7.11 Å². The molecule has 14 heavy (non-hydrogen) atoms. The summed E-state index contributed by atoms with van der Waals surface area (Å²) < 4.78 is 5.24. The Morgan fingerprint density at radius 1 is 1.21 bits per heavy atom. The molecule has 2 nitrogen and oxygen atoms in total. The molecule has 4 unspecified atom stereocenters. The minimum Gasteiger partial charge on any atom is -0.373 e. The monoisotopic (exact) mass is 200 g/mol. The molecule has 0 heterocycles. The van der Waals surface area contributed by atoms with Crippen molar-refractivity contribution in [3.8, 4) is 0 Å². The fourth-order valence-corrected chi connectivity index (χ4v) is 1.92. The van der Waals surface area contributed by atoms with Crippen LogP contribution in [0.1, 0.15) is 41.0 Å². The highest BCUT2D eigenvalue weighted by atomic mass is 16.5. The summed E-state index contributed by atoms with van der Waals surface area (Å²) in [5.41, 5.74) is 0. The zero-order valence-electron chi connectivity index (χ0n) is 10.3. The number of hydrogen-bond acceptors (Lipinski definition) is 2. The predicted molar refractivity (Wildman–Crippen MR) is 59.3 cm³/mol. The lowest BCUT2D eigenvalue weighted by Crippen LogP contribution is -2.34. The molecule has 0 aromatic carbocycles. The summed E-state index contributed by atoms with van der Waals surface area (Å²) in [4.78, 5) is 11.3. The van der Waals surface area contributed by atoms with Crippen LogP contribution in [-0.4, -0.2) is 19.0 Å². The highest BCUT2D eigenvalue weighted by Crippen LogP contribution is 2.26. The summed E-state index contributed by atoms with van der Waals surface area (Å²) in [6.45, 7) is 10.3. The molecule has 84 valence electrons. The van der Waals surface area contributed by atoms with Crippen LogP contribution in [0.4, 0.5) is 0 Å². The average molecular weight is 200 g/mol. The topological polar surface area (TPSA) is 26.3 Å². The first-order valence-corrected chi connectivity index (χ1v) is 5.48. The Bertz CT molecular complexity index is 177. The van der Waals surface area contributed by atoms with E-state index in [2.05, 4.69) is 27.7 Å². The van der Waals surface area contributed by atoms with Gasteiger partial charge in [0.2, 0.25) is 0 Å². The molecule has 0 radical (unpaired) electrons. The molecular formula is C12H24O2. The number of Topliss-reactive ketones (excluding diaryl/α,β-unsaturated/α-hetero) is 1. The minimum absolute atomic E-state index is 0.134. The van der Waals surface area contributed by atoms with Crippen molar-refractivity contribution in [1.29, 1.82) is 0 Å². The van der Waals surface area contributed by atoms with Gasteiger partial charge in [-0.2, -0.15) is 0 Å². The van der Waals surface area contributed by atoms with E-state index in [1.54, 1.807) is 14.0 Å². The van der Waals surface area contributed by atoms with Crippen LogP contribution in [0.15, 0.2) is 0 Å². The van der Waals surface area contributed by atoms with Crippen molar-refractivity contribution in [2.24, 2.45) is 17.8 Å². The SMILES string of the molecule is CCC(C)C(C)C(C)C(OC)C(C)=O. The van der Waals surface area contributed by atoms with Gasteiger partial charge in [0.1, 0.15) is 6.10 Å². The number of carbonyl (C=O) groups is 1. The van der Waals surface area contributed by atoms with Crippen LogP contribution in [0.5, 0.6) is 0 Å². The molecule has 0 aromatic rings. The highest BCUT2D eigenvalue weighted by molar-refractivity contribution is 5.80. The molecular weight excluding hydrogens is 176 g/mol. The predicted octanol–water partition coefficient (Wildman–Crippen LogP) is 2.91. The van der Waals surface area contributed by atoms with Crippen LogP contribution < -0.4 is 0 Å². The first kappa shape index (κ1) is 13.6. The highest BCUT2D eigenvalue weighted by Gasteiger charge is 2.28. The Kier molecular flexibility index (Phi) is 6.01. The van der Waals surface area contributed by atoms with E-state index in [0.717, 1.165) is 6.42 Å². The summed E-state index contributed by atoms with van der Waals surface area (Å²) in [7, 11) is 1.62. The number of carbonyl (C=O) groups excluding carboxylic acids is 1. The normalized spacial score (nSPS) is 19.9. The summed E-state index contributed by atoms with van der Waals surface area (Å²) in [5.74, 6) is 1.60.